The van der Waals surface area contributed by atoms with Crippen molar-refractivity contribution in [3.63, 3.8) is 0 Å². The van der Waals surface area contributed by atoms with E-state index in [1.165, 1.54) is 10.4 Å². The van der Waals surface area contributed by atoms with E-state index in [1.54, 1.807) is 17.4 Å². The molecular weight excluding hydrogens is 397 g/mol. The molecule has 2 heterocycles. The summed E-state index contributed by atoms with van der Waals surface area (Å²) in [7, 11) is 0. The van der Waals surface area contributed by atoms with E-state index in [0.29, 0.717) is 16.5 Å². The highest BCUT2D eigenvalue weighted by Gasteiger charge is 2.13. The molecule has 0 amide bonds. The fourth-order valence-electron chi connectivity index (χ4n) is 2.91. The minimum Gasteiger partial charge on any atom is -0.339 e. The van der Waals surface area contributed by atoms with Gasteiger partial charge >= 0.3 is 0 Å². The van der Waals surface area contributed by atoms with Gasteiger partial charge in [-0.25, -0.2) is 9.97 Å². The first kappa shape index (κ1) is 18.2. The van der Waals surface area contributed by atoms with Crippen LogP contribution >= 0.6 is 34.5 Å². The lowest BCUT2D eigenvalue weighted by atomic mass is 10.1. The van der Waals surface area contributed by atoms with Crippen LogP contribution in [-0.4, -0.2) is 9.97 Å². The highest BCUT2D eigenvalue weighted by atomic mass is 35.5. The van der Waals surface area contributed by atoms with Crippen molar-refractivity contribution < 1.29 is 0 Å². The average molecular weight is 414 g/mol. The Morgan fingerprint density at radius 3 is 2.41 bits per heavy atom. The Morgan fingerprint density at radius 2 is 1.70 bits per heavy atom. The van der Waals surface area contributed by atoms with E-state index in [2.05, 4.69) is 30.4 Å². The van der Waals surface area contributed by atoms with Gasteiger partial charge in [-0.3, -0.25) is 0 Å². The lowest BCUT2D eigenvalue weighted by Gasteiger charge is -2.10. The van der Waals surface area contributed by atoms with Crippen LogP contribution < -0.4 is 5.32 Å². The van der Waals surface area contributed by atoms with Gasteiger partial charge in [0.25, 0.3) is 0 Å². The monoisotopic (exact) mass is 413 g/mol. The zero-order chi connectivity index (χ0) is 18.8. The second kappa shape index (κ2) is 7.85. The molecule has 4 aromatic rings. The van der Waals surface area contributed by atoms with Gasteiger partial charge in [0.2, 0.25) is 0 Å². The molecule has 1 N–H and O–H groups in total. The predicted molar refractivity (Wildman–Crippen MR) is 116 cm³/mol. The molecule has 0 aliphatic carbocycles. The zero-order valence-corrected chi connectivity index (χ0v) is 17.0. The van der Waals surface area contributed by atoms with Gasteiger partial charge < -0.3 is 5.32 Å². The van der Waals surface area contributed by atoms with Gasteiger partial charge in [0.1, 0.15) is 16.5 Å². The molecule has 0 atom stereocenters. The van der Waals surface area contributed by atoms with E-state index in [0.717, 1.165) is 34.0 Å². The summed E-state index contributed by atoms with van der Waals surface area (Å²) >= 11 is 14.0. The van der Waals surface area contributed by atoms with E-state index >= 15 is 0 Å². The Kier molecular flexibility index (Phi) is 5.30. The van der Waals surface area contributed by atoms with Crippen molar-refractivity contribution in [1.29, 1.82) is 0 Å². The number of anilines is 2. The van der Waals surface area contributed by atoms with E-state index in [-0.39, 0.29) is 0 Å². The van der Waals surface area contributed by atoms with E-state index < -0.39 is 0 Å². The Hall–Kier alpha value is -2.14. The summed E-state index contributed by atoms with van der Waals surface area (Å²) in [5.74, 6) is 1.56. The van der Waals surface area contributed by atoms with Crippen LogP contribution in [0.2, 0.25) is 10.0 Å². The third kappa shape index (κ3) is 4.24. The van der Waals surface area contributed by atoms with E-state index in [1.807, 2.05) is 30.3 Å². The summed E-state index contributed by atoms with van der Waals surface area (Å²) in [5.41, 5.74) is 1.99. The van der Waals surface area contributed by atoms with Crippen LogP contribution in [0.15, 0.2) is 54.6 Å². The van der Waals surface area contributed by atoms with E-state index in [9.17, 15) is 0 Å². The first-order valence-electron chi connectivity index (χ1n) is 8.67. The molecule has 2 aromatic heterocycles. The van der Waals surface area contributed by atoms with Crippen LogP contribution in [0.3, 0.4) is 0 Å². The van der Waals surface area contributed by atoms with Gasteiger partial charge in [-0.15, -0.1) is 11.3 Å². The first-order chi connectivity index (χ1) is 13.1. The van der Waals surface area contributed by atoms with Gasteiger partial charge in [-0.05, 0) is 36.2 Å². The maximum Gasteiger partial charge on any atom is 0.142 e. The minimum absolute atomic E-state index is 0.583. The lowest BCUT2D eigenvalue weighted by molar-refractivity contribution is 1.000. The Balaban J connectivity index is 1.77. The molecule has 0 aliphatic heterocycles. The molecule has 0 fully saturated rings. The SMILES string of the molecule is CCc1cc2c(Nc3cc(Cl)cc(Cl)c3)nc(Cc3ccccc3)nc2s1. The fraction of sp³-hybridized carbons (Fsp3) is 0.143. The summed E-state index contributed by atoms with van der Waals surface area (Å²) in [6, 6.07) is 17.8. The summed E-state index contributed by atoms with van der Waals surface area (Å²) in [5, 5.41) is 5.56. The van der Waals surface area contributed by atoms with Crippen molar-refractivity contribution in [3.8, 4) is 0 Å². The molecule has 6 heteroatoms. The van der Waals surface area contributed by atoms with E-state index in [4.69, 9.17) is 33.2 Å². The number of aryl methyl sites for hydroxylation is 1. The number of benzene rings is 2. The second-order valence-corrected chi connectivity index (χ2v) is 8.21. The third-order valence-corrected chi connectivity index (χ3v) is 5.78. The number of hydrogen-bond acceptors (Lipinski definition) is 4. The molecule has 0 radical (unpaired) electrons. The molecule has 27 heavy (non-hydrogen) atoms. The maximum atomic E-state index is 6.14. The summed E-state index contributed by atoms with van der Waals surface area (Å²) in [6.45, 7) is 2.15. The molecule has 0 saturated heterocycles. The van der Waals surface area contributed by atoms with Gasteiger partial charge in [-0.2, -0.15) is 0 Å². The number of fused-ring (bicyclic) bond motifs is 1. The fourth-order valence-corrected chi connectivity index (χ4v) is 4.42. The first-order valence-corrected chi connectivity index (χ1v) is 10.2. The standard InChI is InChI=1S/C21H17Cl2N3S/c1-2-17-12-18-20(24-16-10-14(22)9-15(23)11-16)25-19(26-21(18)27-17)8-13-6-4-3-5-7-13/h3-7,9-12H,2,8H2,1H3,(H,24,25,26). The molecule has 0 spiro atoms. The molecular formula is C21H17Cl2N3S. The Morgan fingerprint density at radius 1 is 0.963 bits per heavy atom. The number of hydrogen-bond donors (Lipinski definition) is 1. The van der Waals surface area contributed by atoms with Crippen LogP contribution in [0.1, 0.15) is 23.2 Å². The molecule has 136 valence electrons. The third-order valence-electron chi connectivity index (χ3n) is 4.17. The van der Waals surface area contributed by atoms with Crippen molar-refractivity contribution in [1.82, 2.24) is 9.97 Å². The van der Waals surface area contributed by atoms with Crippen molar-refractivity contribution in [2.45, 2.75) is 19.8 Å². The topological polar surface area (TPSA) is 37.8 Å². The molecule has 0 unspecified atom stereocenters. The normalized spacial score (nSPS) is 11.1. The number of halogens is 2. The summed E-state index contributed by atoms with van der Waals surface area (Å²) < 4.78 is 0. The van der Waals surface area contributed by atoms with Crippen LogP contribution in [0.25, 0.3) is 10.2 Å². The smallest absolute Gasteiger partial charge is 0.142 e. The second-order valence-electron chi connectivity index (χ2n) is 6.22. The number of aromatic nitrogens is 2. The summed E-state index contributed by atoms with van der Waals surface area (Å²) in [4.78, 5) is 11.9. The Bertz CT molecular complexity index is 1070. The number of nitrogens with zero attached hydrogens (tertiary/aromatic N) is 2. The summed E-state index contributed by atoms with van der Waals surface area (Å²) in [6.07, 6.45) is 1.65. The quantitative estimate of drug-likeness (QED) is 0.386. The van der Waals surface area contributed by atoms with Crippen LogP contribution in [0.5, 0.6) is 0 Å². The zero-order valence-electron chi connectivity index (χ0n) is 14.7. The van der Waals surface area contributed by atoms with Gasteiger partial charge in [0.05, 0.1) is 5.39 Å². The van der Waals surface area contributed by atoms with Crippen LogP contribution in [0, 0.1) is 0 Å². The Labute approximate surface area is 172 Å². The molecule has 4 rings (SSSR count). The predicted octanol–water partition coefficient (Wildman–Crippen LogP) is 6.89. The average Bonchev–Trinajstić information content (AvgIpc) is 3.05. The molecule has 3 nitrogen and oxygen atoms in total. The lowest BCUT2D eigenvalue weighted by Crippen LogP contribution is -2.01. The largest absolute Gasteiger partial charge is 0.339 e. The molecule has 2 aromatic carbocycles. The maximum absolute atomic E-state index is 6.14. The number of nitrogens with one attached hydrogen (secondary N) is 1. The minimum atomic E-state index is 0.583. The van der Waals surface area contributed by atoms with Crippen molar-refractivity contribution in [2.24, 2.45) is 0 Å². The highest BCUT2D eigenvalue weighted by Crippen LogP contribution is 2.32. The van der Waals surface area contributed by atoms with Crippen molar-refractivity contribution in [3.05, 3.63) is 80.9 Å². The van der Waals surface area contributed by atoms with Crippen LogP contribution in [-0.2, 0) is 12.8 Å². The van der Waals surface area contributed by atoms with Crippen molar-refractivity contribution in [2.75, 3.05) is 5.32 Å². The van der Waals surface area contributed by atoms with Crippen molar-refractivity contribution >= 4 is 56.3 Å². The van der Waals surface area contributed by atoms with Crippen LogP contribution in [0.4, 0.5) is 11.5 Å². The highest BCUT2D eigenvalue weighted by molar-refractivity contribution is 7.18. The molecule has 0 saturated carbocycles. The number of thiophene rings is 1. The molecule has 0 aliphatic rings. The van der Waals surface area contributed by atoms with Gasteiger partial charge in [-0.1, -0.05) is 60.5 Å². The van der Waals surface area contributed by atoms with Gasteiger partial charge in [0.15, 0.2) is 0 Å². The molecule has 0 bridgehead atoms. The van der Waals surface area contributed by atoms with Gasteiger partial charge in [0, 0.05) is 27.0 Å². The number of rotatable bonds is 5.